The number of nitrogens with zero attached hydrogens (tertiary/aromatic N) is 1. The predicted octanol–water partition coefficient (Wildman–Crippen LogP) is 5.08. The maximum absolute atomic E-state index is 12.2. The Hall–Kier alpha value is -2.40. The average molecular weight is 415 g/mol. The van der Waals surface area contributed by atoms with Crippen molar-refractivity contribution < 1.29 is 9.53 Å². The number of ether oxygens (including phenoxy) is 1. The second-order valence-corrected chi connectivity index (χ2v) is 7.72. The van der Waals surface area contributed by atoms with Crippen molar-refractivity contribution in [2.24, 2.45) is 5.10 Å². The molecule has 0 saturated heterocycles. The Morgan fingerprint density at radius 3 is 2.54 bits per heavy atom. The molecule has 0 heterocycles. The minimum Gasteiger partial charge on any atom is -0.489 e. The summed E-state index contributed by atoms with van der Waals surface area (Å²) >= 11 is 3.42. The standard InChI is InChI=1S/C21H23BrN2O2/c1-5-12-26-19-11-10-18(22)13-16(19)14-23-24-20(25)15-6-8-17(9-7-15)21(2,3)4/h5-11,13-14H,1,12H2,2-4H3,(H,24,25)/b23-14-. The molecule has 0 bridgehead atoms. The molecule has 4 nitrogen and oxygen atoms in total. The van der Waals surface area contributed by atoms with Gasteiger partial charge in [0.25, 0.3) is 5.91 Å². The lowest BCUT2D eigenvalue weighted by Gasteiger charge is -2.18. The molecule has 0 atom stereocenters. The molecule has 26 heavy (non-hydrogen) atoms. The van der Waals surface area contributed by atoms with E-state index in [1.54, 1.807) is 12.3 Å². The second kappa shape index (κ2) is 8.81. The minimum absolute atomic E-state index is 0.0513. The van der Waals surface area contributed by atoms with Gasteiger partial charge in [0, 0.05) is 15.6 Å². The van der Waals surface area contributed by atoms with E-state index in [9.17, 15) is 4.79 Å². The third-order valence-electron chi connectivity index (χ3n) is 3.71. The van der Waals surface area contributed by atoms with Gasteiger partial charge in [-0.2, -0.15) is 5.10 Å². The topological polar surface area (TPSA) is 50.7 Å². The van der Waals surface area contributed by atoms with Crippen LogP contribution in [0.25, 0.3) is 0 Å². The Morgan fingerprint density at radius 1 is 1.23 bits per heavy atom. The van der Waals surface area contributed by atoms with E-state index in [-0.39, 0.29) is 11.3 Å². The van der Waals surface area contributed by atoms with Gasteiger partial charge in [-0.3, -0.25) is 4.79 Å². The SMILES string of the molecule is C=CCOc1ccc(Br)cc1/C=N\NC(=O)c1ccc(C(C)(C)C)cc1. The number of nitrogens with one attached hydrogen (secondary N) is 1. The second-order valence-electron chi connectivity index (χ2n) is 6.81. The predicted molar refractivity (Wildman–Crippen MR) is 110 cm³/mol. The Morgan fingerprint density at radius 2 is 1.92 bits per heavy atom. The quantitative estimate of drug-likeness (QED) is 0.407. The van der Waals surface area contributed by atoms with Crippen molar-refractivity contribution in [3.8, 4) is 5.75 Å². The minimum atomic E-state index is -0.259. The van der Waals surface area contributed by atoms with Gasteiger partial charge in [-0.05, 0) is 41.3 Å². The van der Waals surface area contributed by atoms with E-state index in [0.717, 1.165) is 10.0 Å². The van der Waals surface area contributed by atoms with Gasteiger partial charge in [0.15, 0.2) is 0 Å². The van der Waals surface area contributed by atoms with Crippen molar-refractivity contribution in [1.82, 2.24) is 5.43 Å². The number of hydrogen-bond donors (Lipinski definition) is 1. The van der Waals surface area contributed by atoms with Gasteiger partial charge in [-0.25, -0.2) is 5.43 Å². The zero-order valence-electron chi connectivity index (χ0n) is 15.3. The molecule has 0 unspecified atom stereocenters. The molecule has 2 aromatic carbocycles. The highest BCUT2D eigenvalue weighted by Gasteiger charge is 2.14. The lowest BCUT2D eigenvalue weighted by molar-refractivity contribution is 0.0955. The summed E-state index contributed by atoms with van der Waals surface area (Å²) in [5.74, 6) is 0.408. The molecule has 1 N–H and O–H groups in total. The van der Waals surface area contributed by atoms with E-state index in [0.29, 0.717) is 17.9 Å². The van der Waals surface area contributed by atoms with Crippen LogP contribution in [0.2, 0.25) is 0 Å². The zero-order chi connectivity index (χ0) is 19.2. The Labute approximate surface area is 163 Å². The first kappa shape index (κ1) is 19.9. The normalized spacial score (nSPS) is 11.4. The fourth-order valence-electron chi connectivity index (χ4n) is 2.25. The van der Waals surface area contributed by atoms with Gasteiger partial charge < -0.3 is 4.74 Å². The third kappa shape index (κ3) is 5.56. The van der Waals surface area contributed by atoms with Gasteiger partial charge in [-0.15, -0.1) is 0 Å². The third-order valence-corrected chi connectivity index (χ3v) is 4.20. The summed E-state index contributed by atoms with van der Waals surface area (Å²) in [6.45, 7) is 10.4. The molecular formula is C21H23BrN2O2. The summed E-state index contributed by atoms with van der Waals surface area (Å²) < 4.78 is 6.48. The van der Waals surface area contributed by atoms with Gasteiger partial charge in [-0.1, -0.05) is 61.5 Å². The van der Waals surface area contributed by atoms with E-state index >= 15 is 0 Å². The van der Waals surface area contributed by atoms with Crippen molar-refractivity contribution in [2.75, 3.05) is 6.61 Å². The lowest BCUT2D eigenvalue weighted by Crippen LogP contribution is -2.18. The number of benzene rings is 2. The fraction of sp³-hybridized carbons (Fsp3) is 0.238. The smallest absolute Gasteiger partial charge is 0.271 e. The van der Waals surface area contributed by atoms with Crippen molar-refractivity contribution in [3.63, 3.8) is 0 Å². The number of rotatable bonds is 6. The van der Waals surface area contributed by atoms with Crippen molar-refractivity contribution in [1.29, 1.82) is 0 Å². The van der Waals surface area contributed by atoms with Gasteiger partial charge in [0.1, 0.15) is 12.4 Å². The molecule has 0 aliphatic rings. The van der Waals surface area contributed by atoms with Gasteiger partial charge in [0.2, 0.25) is 0 Å². The number of halogens is 1. The number of carbonyl (C=O) groups is 1. The molecule has 0 spiro atoms. The van der Waals surface area contributed by atoms with Crippen LogP contribution in [0.15, 0.2) is 64.7 Å². The molecule has 0 radical (unpaired) electrons. The first-order valence-corrected chi connectivity index (χ1v) is 9.08. The molecule has 2 rings (SSSR count). The highest BCUT2D eigenvalue weighted by Crippen LogP contribution is 2.23. The van der Waals surface area contributed by atoms with Crippen LogP contribution < -0.4 is 10.2 Å². The number of carbonyl (C=O) groups excluding carboxylic acids is 1. The molecule has 1 amide bonds. The number of hydrazone groups is 1. The summed E-state index contributed by atoms with van der Waals surface area (Å²) in [6.07, 6.45) is 3.23. The molecule has 0 aromatic heterocycles. The van der Waals surface area contributed by atoms with Crippen LogP contribution in [-0.4, -0.2) is 18.7 Å². The van der Waals surface area contributed by atoms with Crippen LogP contribution in [0.3, 0.4) is 0 Å². The Balaban J connectivity index is 2.07. The summed E-state index contributed by atoms with van der Waals surface area (Å²) in [5, 5.41) is 4.05. The van der Waals surface area contributed by atoms with Crippen molar-refractivity contribution in [3.05, 3.63) is 76.3 Å². The average Bonchev–Trinajstić information content (AvgIpc) is 2.60. The van der Waals surface area contributed by atoms with Crippen LogP contribution in [0.1, 0.15) is 42.3 Å². The van der Waals surface area contributed by atoms with E-state index in [1.807, 2.05) is 42.5 Å². The highest BCUT2D eigenvalue weighted by atomic mass is 79.9. The van der Waals surface area contributed by atoms with Gasteiger partial charge >= 0.3 is 0 Å². The largest absolute Gasteiger partial charge is 0.489 e. The van der Waals surface area contributed by atoms with Crippen LogP contribution in [0, 0.1) is 0 Å². The summed E-state index contributed by atoms with van der Waals surface area (Å²) in [5.41, 5.74) is 5.09. The Bertz CT molecular complexity index is 806. The molecule has 0 aliphatic carbocycles. The van der Waals surface area contributed by atoms with Crippen LogP contribution in [0.4, 0.5) is 0 Å². The van der Waals surface area contributed by atoms with Gasteiger partial charge in [0.05, 0.1) is 6.21 Å². The molecule has 5 heteroatoms. The maximum atomic E-state index is 12.2. The molecule has 0 fully saturated rings. The van der Waals surface area contributed by atoms with E-state index in [4.69, 9.17) is 4.74 Å². The fourth-order valence-corrected chi connectivity index (χ4v) is 2.63. The van der Waals surface area contributed by atoms with E-state index in [1.165, 1.54) is 5.56 Å². The van der Waals surface area contributed by atoms with Crippen LogP contribution >= 0.6 is 15.9 Å². The van der Waals surface area contributed by atoms with E-state index < -0.39 is 0 Å². The van der Waals surface area contributed by atoms with Crippen LogP contribution in [0.5, 0.6) is 5.75 Å². The highest BCUT2D eigenvalue weighted by molar-refractivity contribution is 9.10. The van der Waals surface area contributed by atoms with Crippen molar-refractivity contribution >= 4 is 28.1 Å². The number of hydrogen-bond acceptors (Lipinski definition) is 3. The van der Waals surface area contributed by atoms with Crippen molar-refractivity contribution in [2.45, 2.75) is 26.2 Å². The Kier molecular flexibility index (Phi) is 6.75. The van der Waals surface area contributed by atoms with E-state index in [2.05, 4.69) is 53.8 Å². The number of amides is 1. The first-order chi connectivity index (χ1) is 12.3. The molecule has 136 valence electrons. The summed E-state index contributed by atoms with van der Waals surface area (Å²) in [6, 6.07) is 13.1. The molecule has 0 aliphatic heterocycles. The zero-order valence-corrected chi connectivity index (χ0v) is 16.8. The first-order valence-electron chi connectivity index (χ1n) is 8.28. The maximum Gasteiger partial charge on any atom is 0.271 e. The molecular weight excluding hydrogens is 392 g/mol. The molecule has 2 aromatic rings. The lowest BCUT2D eigenvalue weighted by atomic mass is 9.87. The molecule has 0 saturated carbocycles. The summed E-state index contributed by atoms with van der Waals surface area (Å²) in [7, 11) is 0. The van der Waals surface area contributed by atoms with Crippen LogP contribution in [-0.2, 0) is 5.41 Å². The monoisotopic (exact) mass is 414 g/mol. The summed E-state index contributed by atoms with van der Waals surface area (Å²) in [4.78, 5) is 12.2.